The monoisotopic (exact) mass is 339 g/mol. The summed E-state index contributed by atoms with van der Waals surface area (Å²) in [6, 6.07) is 3.60. The van der Waals surface area contributed by atoms with Gasteiger partial charge in [-0.1, -0.05) is 11.8 Å². The lowest BCUT2D eigenvalue weighted by molar-refractivity contribution is -0.136. The average molecular weight is 341 g/mol. The van der Waals surface area contributed by atoms with Crippen molar-refractivity contribution in [2.45, 2.75) is 17.2 Å². The third-order valence-corrected chi connectivity index (χ3v) is 4.22. The van der Waals surface area contributed by atoms with Crippen LogP contribution < -0.4 is 0 Å². The van der Waals surface area contributed by atoms with Crippen molar-refractivity contribution in [3.05, 3.63) is 21.2 Å². The second-order valence-electron chi connectivity index (χ2n) is 2.52. The summed E-state index contributed by atoms with van der Waals surface area (Å²) in [4.78, 5) is 14.8. The molecule has 0 saturated heterocycles. The van der Waals surface area contributed by atoms with Gasteiger partial charge < -0.3 is 5.11 Å². The zero-order valence-electron chi connectivity index (χ0n) is 7.20. The van der Waals surface area contributed by atoms with E-state index in [1.807, 2.05) is 6.07 Å². The maximum atomic E-state index is 10.6. The molecule has 0 fully saturated rings. The summed E-state index contributed by atoms with van der Waals surface area (Å²) in [6.45, 7) is 1.63. The van der Waals surface area contributed by atoms with Crippen LogP contribution in [0.5, 0.6) is 0 Å². The Labute approximate surface area is 103 Å². The summed E-state index contributed by atoms with van der Waals surface area (Å²) in [5, 5.41) is 8.90. The summed E-state index contributed by atoms with van der Waals surface area (Å²) in [7, 11) is 0. The molecule has 1 aromatic rings. The highest BCUT2D eigenvalue weighted by Crippen LogP contribution is 2.27. The number of hydrogen-bond acceptors (Lipinski definition) is 3. The molecule has 0 bridgehead atoms. The zero-order valence-corrected chi connectivity index (χ0v) is 11.2. The number of aliphatic carboxylic acids is 1. The summed E-state index contributed by atoms with van der Waals surface area (Å²) >= 11 is 7.76. The Balaban J connectivity index is 2.78. The van der Waals surface area contributed by atoms with Crippen molar-refractivity contribution in [3.63, 3.8) is 0 Å². The highest BCUT2D eigenvalue weighted by atomic mass is 79.9. The van der Waals surface area contributed by atoms with E-state index in [0.29, 0.717) is 9.63 Å². The number of aromatic nitrogens is 1. The minimum Gasteiger partial charge on any atom is -0.480 e. The number of rotatable bonds is 3. The summed E-state index contributed by atoms with van der Waals surface area (Å²) in [5.74, 6) is -0.837. The van der Waals surface area contributed by atoms with E-state index in [4.69, 9.17) is 5.11 Å². The van der Waals surface area contributed by atoms with Crippen molar-refractivity contribution >= 4 is 49.6 Å². The normalized spacial score (nSPS) is 12.5. The number of thioether (sulfide) groups is 1. The molecule has 0 radical (unpaired) electrons. The molecule has 0 aromatic carbocycles. The number of halogens is 2. The van der Waals surface area contributed by atoms with Gasteiger partial charge in [0.15, 0.2) is 0 Å². The molecule has 0 aliphatic heterocycles. The van der Waals surface area contributed by atoms with Gasteiger partial charge in [-0.2, -0.15) is 0 Å². The van der Waals surface area contributed by atoms with Crippen LogP contribution >= 0.6 is 43.6 Å². The van der Waals surface area contributed by atoms with Gasteiger partial charge in [-0.05, 0) is 50.9 Å². The number of hydrogen-bond donors (Lipinski definition) is 1. The van der Waals surface area contributed by atoms with Gasteiger partial charge in [0.2, 0.25) is 0 Å². The number of carboxylic acids is 1. The molecule has 0 spiro atoms. The van der Waals surface area contributed by atoms with Crippen molar-refractivity contribution in [2.75, 3.05) is 0 Å². The maximum absolute atomic E-state index is 10.6. The fourth-order valence-corrected chi connectivity index (χ4v) is 2.11. The van der Waals surface area contributed by atoms with Crippen LogP contribution in [-0.4, -0.2) is 21.3 Å². The minimum absolute atomic E-state index is 0.490. The van der Waals surface area contributed by atoms with Crippen molar-refractivity contribution in [3.8, 4) is 0 Å². The lowest BCUT2D eigenvalue weighted by Gasteiger charge is -2.05. The van der Waals surface area contributed by atoms with E-state index in [9.17, 15) is 4.79 Å². The quantitative estimate of drug-likeness (QED) is 0.678. The first-order valence-electron chi connectivity index (χ1n) is 3.72. The first-order valence-corrected chi connectivity index (χ1v) is 6.19. The van der Waals surface area contributed by atoms with Crippen molar-refractivity contribution in [1.82, 2.24) is 4.98 Å². The second-order valence-corrected chi connectivity index (χ2v) is 5.49. The third-order valence-electron chi connectivity index (χ3n) is 1.42. The Bertz CT molecular complexity index is 359. The van der Waals surface area contributed by atoms with Crippen LogP contribution in [0.1, 0.15) is 6.92 Å². The van der Waals surface area contributed by atoms with E-state index in [-0.39, 0.29) is 0 Å². The maximum Gasteiger partial charge on any atom is 0.316 e. The standard InChI is InChI=1S/C8H7Br2NO2S/c1-4(8(12)13)14-6-3-2-5(9)7(10)11-6/h2-4H,1H3,(H,12,13). The topological polar surface area (TPSA) is 50.2 Å². The largest absolute Gasteiger partial charge is 0.480 e. The average Bonchev–Trinajstić information content (AvgIpc) is 2.11. The van der Waals surface area contributed by atoms with Gasteiger partial charge in [-0.15, -0.1) is 0 Å². The molecule has 0 aliphatic carbocycles. The molecular formula is C8H7Br2NO2S. The van der Waals surface area contributed by atoms with Crippen LogP contribution in [0.3, 0.4) is 0 Å². The Morgan fingerprint density at radius 1 is 1.57 bits per heavy atom. The van der Waals surface area contributed by atoms with Crippen LogP contribution in [0.25, 0.3) is 0 Å². The van der Waals surface area contributed by atoms with E-state index >= 15 is 0 Å². The molecule has 0 aliphatic rings. The Morgan fingerprint density at radius 3 is 2.71 bits per heavy atom. The molecule has 76 valence electrons. The molecule has 1 N–H and O–H groups in total. The summed E-state index contributed by atoms with van der Waals surface area (Å²) < 4.78 is 1.53. The molecule has 1 unspecified atom stereocenters. The third kappa shape index (κ3) is 3.25. The molecule has 1 aromatic heterocycles. The lowest BCUT2D eigenvalue weighted by Crippen LogP contribution is -2.11. The fourth-order valence-electron chi connectivity index (χ4n) is 0.698. The van der Waals surface area contributed by atoms with E-state index in [0.717, 1.165) is 4.47 Å². The van der Waals surface area contributed by atoms with Gasteiger partial charge in [-0.25, -0.2) is 4.98 Å². The van der Waals surface area contributed by atoms with Crippen molar-refractivity contribution in [2.24, 2.45) is 0 Å². The van der Waals surface area contributed by atoms with Crippen molar-refractivity contribution in [1.29, 1.82) is 0 Å². The molecule has 14 heavy (non-hydrogen) atoms. The molecule has 6 heteroatoms. The Kier molecular flexibility index (Phi) is 4.40. The summed E-state index contributed by atoms with van der Waals surface area (Å²) in [5.41, 5.74) is 0. The van der Waals surface area contributed by atoms with E-state index in [1.54, 1.807) is 13.0 Å². The molecule has 1 heterocycles. The van der Waals surface area contributed by atoms with Crippen LogP contribution in [0.4, 0.5) is 0 Å². The van der Waals surface area contributed by atoms with Gasteiger partial charge in [0.05, 0.1) is 9.50 Å². The van der Waals surface area contributed by atoms with Crippen LogP contribution in [0.15, 0.2) is 26.2 Å². The molecular weight excluding hydrogens is 334 g/mol. The highest BCUT2D eigenvalue weighted by Gasteiger charge is 2.13. The van der Waals surface area contributed by atoms with E-state index in [1.165, 1.54) is 11.8 Å². The molecule has 0 saturated carbocycles. The van der Waals surface area contributed by atoms with Crippen LogP contribution in [0.2, 0.25) is 0 Å². The van der Waals surface area contributed by atoms with Crippen LogP contribution in [0, 0.1) is 0 Å². The SMILES string of the molecule is CC(Sc1ccc(Br)c(Br)n1)C(=O)O. The van der Waals surface area contributed by atoms with E-state index < -0.39 is 11.2 Å². The van der Waals surface area contributed by atoms with Gasteiger partial charge in [-0.3, -0.25) is 4.79 Å². The smallest absolute Gasteiger partial charge is 0.316 e. The van der Waals surface area contributed by atoms with Gasteiger partial charge in [0.25, 0.3) is 0 Å². The number of nitrogens with zero attached hydrogens (tertiary/aromatic N) is 1. The highest BCUT2D eigenvalue weighted by molar-refractivity contribution is 9.13. The molecule has 3 nitrogen and oxygen atoms in total. The predicted molar refractivity (Wildman–Crippen MR) is 62.6 cm³/mol. The Hall–Kier alpha value is -0.0700. The molecule has 1 rings (SSSR count). The van der Waals surface area contributed by atoms with E-state index in [2.05, 4.69) is 36.8 Å². The minimum atomic E-state index is -0.837. The summed E-state index contributed by atoms with van der Waals surface area (Å²) in [6.07, 6.45) is 0. The van der Waals surface area contributed by atoms with Gasteiger partial charge >= 0.3 is 5.97 Å². The zero-order chi connectivity index (χ0) is 10.7. The van der Waals surface area contributed by atoms with Gasteiger partial charge in [0.1, 0.15) is 9.85 Å². The predicted octanol–water partition coefficient (Wildman–Crippen LogP) is 3.17. The molecule has 1 atom stereocenters. The molecule has 0 amide bonds. The number of carbonyl (C=O) groups is 1. The lowest BCUT2D eigenvalue weighted by atomic mass is 10.5. The van der Waals surface area contributed by atoms with Crippen LogP contribution in [-0.2, 0) is 4.79 Å². The first-order chi connectivity index (χ1) is 6.50. The fraction of sp³-hybridized carbons (Fsp3) is 0.250. The Morgan fingerprint density at radius 2 is 2.21 bits per heavy atom. The first kappa shape index (κ1) is 12.0. The number of carboxylic acid groups (broad SMARTS) is 1. The second kappa shape index (κ2) is 5.14. The van der Waals surface area contributed by atoms with Crippen molar-refractivity contribution < 1.29 is 9.90 Å². The van der Waals surface area contributed by atoms with Gasteiger partial charge in [0, 0.05) is 0 Å². The number of pyridine rings is 1.